The van der Waals surface area contributed by atoms with E-state index in [0.717, 1.165) is 0 Å². The predicted octanol–water partition coefficient (Wildman–Crippen LogP) is -0.586. The number of amides is 3. The Morgan fingerprint density at radius 3 is 2.00 bits per heavy atom. The summed E-state index contributed by atoms with van der Waals surface area (Å²) in [5.74, 6) is -2.59. The van der Waals surface area contributed by atoms with Gasteiger partial charge in [0, 0.05) is 17.9 Å². The van der Waals surface area contributed by atoms with Crippen LogP contribution in [0.2, 0.25) is 0 Å². The molecule has 0 aliphatic carbocycles. The minimum atomic E-state index is -1.19. The molecule has 0 aliphatic heterocycles. The third-order valence-electron chi connectivity index (χ3n) is 4.58. The number of hydrogen-bond donors (Lipinski definition) is 8. The highest BCUT2D eigenvalue weighted by Gasteiger charge is 2.29. The second-order valence-electron chi connectivity index (χ2n) is 7.15. The number of carboxylic acid groups (broad SMARTS) is 1. The van der Waals surface area contributed by atoms with Crippen LogP contribution in [-0.2, 0) is 25.6 Å². The maximum Gasteiger partial charge on any atom is 0.326 e. The number of nitrogens with two attached hydrogens (primary N) is 1. The molecule has 7 N–H and O–H groups in total. The standard InChI is InChI=1S/C20H30N4O6S3/c1-33-7-6-14(20(29)30)22-18(27)15(8-11-2-4-12(25)5-3-11)23-19(28)16(10-32)24-17(26)13(21)9-31/h2-5,13-16,25,31-32H,6-10,21H2,1H3,(H,22,27)(H,23,28)(H,24,26)(H,29,30). The van der Waals surface area contributed by atoms with Crippen LogP contribution in [0.25, 0.3) is 0 Å². The Balaban J connectivity index is 3.03. The highest BCUT2D eigenvalue weighted by atomic mass is 32.2. The molecular weight excluding hydrogens is 488 g/mol. The molecule has 1 aromatic carbocycles. The fourth-order valence-electron chi connectivity index (χ4n) is 2.67. The number of rotatable bonds is 14. The average molecular weight is 519 g/mol. The first kappa shape index (κ1) is 28.9. The SMILES string of the molecule is CSCCC(NC(=O)C(Cc1ccc(O)cc1)NC(=O)C(CS)NC(=O)C(N)CS)C(=O)O. The number of aromatic hydroxyl groups is 1. The molecule has 4 atom stereocenters. The van der Waals surface area contributed by atoms with Gasteiger partial charge in [-0.05, 0) is 36.1 Å². The van der Waals surface area contributed by atoms with E-state index >= 15 is 0 Å². The molecule has 1 aromatic rings. The summed E-state index contributed by atoms with van der Waals surface area (Å²) < 4.78 is 0. The van der Waals surface area contributed by atoms with Gasteiger partial charge in [0.05, 0.1) is 6.04 Å². The van der Waals surface area contributed by atoms with E-state index in [0.29, 0.717) is 11.3 Å². The van der Waals surface area contributed by atoms with Crippen molar-refractivity contribution in [1.82, 2.24) is 16.0 Å². The second-order valence-corrected chi connectivity index (χ2v) is 8.86. The maximum absolute atomic E-state index is 12.9. The average Bonchev–Trinajstić information content (AvgIpc) is 2.79. The third-order valence-corrected chi connectivity index (χ3v) is 5.99. The number of carbonyl (C=O) groups excluding carboxylic acids is 3. The van der Waals surface area contributed by atoms with E-state index in [-0.39, 0.29) is 30.1 Å². The zero-order valence-electron chi connectivity index (χ0n) is 18.1. The van der Waals surface area contributed by atoms with Crippen molar-refractivity contribution < 1.29 is 29.4 Å². The molecule has 13 heteroatoms. The summed E-state index contributed by atoms with van der Waals surface area (Å²) >= 11 is 9.48. The number of thiol groups is 2. The molecule has 0 radical (unpaired) electrons. The van der Waals surface area contributed by atoms with Gasteiger partial charge in [0.25, 0.3) is 0 Å². The largest absolute Gasteiger partial charge is 0.508 e. The maximum atomic E-state index is 12.9. The van der Waals surface area contributed by atoms with Crippen molar-refractivity contribution in [2.24, 2.45) is 5.73 Å². The molecule has 0 saturated carbocycles. The van der Waals surface area contributed by atoms with Gasteiger partial charge in [-0.25, -0.2) is 4.79 Å². The number of aliphatic carboxylic acids is 1. The highest BCUT2D eigenvalue weighted by molar-refractivity contribution is 7.98. The van der Waals surface area contributed by atoms with Gasteiger partial charge in [-0.15, -0.1) is 0 Å². The van der Waals surface area contributed by atoms with Crippen molar-refractivity contribution in [2.75, 3.05) is 23.5 Å². The minimum absolute atomic E-state index is 0.0239. The van der Waals surface area contributed by atoms with E-state index in [1.54, 1.807) is 12.1 Å². The molecule has 0 heterocycles. The minimum Gasteiger partial charge on any atom is -0.508 e. The van der Waals surface area contributed by atoms with Gasteiger partial charge in [-0.2, -0.15) is 37.0 Å². The first-order valence-electron chi connectivity index (χ1n) is 10.0. The van der Waals surface area contributed by atoms with Crippen molar-refractivity contribution in [3.8, 4) is 5.75 Å². The number of carbonyl (C=O) groups is 4. The van der Waals surface area contributed by atoms with Crippen LogP contribution in [0, 0.1) is 0 Å². The molecule has 4 unspecified atom stereocenters. The van der Waals surface area contributed by atoms with Gasteiger partial charge in [0.15, 0.2) is 0 Å². The van der Waals surface area contributed by atoms with E-state index in [9.17, 15) is 29.4 Å². The molecule has 0 spiro atoms. The summed E-state index contributed by atoms with van der Waals surface area (Å²) in [7, 11) is 0. The second kappa shape index (κ2) is 14.9. The van der Waals surface area contributed by atoms with E-state index in [1.807, 2.05) is 6.26 Å². The lowest BCUT2D eigenvalue weighted by Crippen LogP contribution is -2.58. The zero-order valence-corrected chi connectivity index (χ0v) is 20.7. The molecule has 184 valence electrons. The van der Waals surface area contributed by atoms with Crippen molar-refractivity contribution in [1.29, 1.82) is 0 Å². The van der Waals surface area contributed by atoms with E-state index in [1.165, 1.54) is 23.9 Å². The normalized spacial score (nSPS) is 14.4. The van der Waals surface area contributed by atoms with Gasteiger partial charge >= 0.3 is 5.97 Å². The Labute approximate surface area is 207 Å². The lowest BCUT2D eigenvalue weighted by Gasteiger charge is -2.24. The van der Waals surface area contributed by atoms with E-state index in [4.69, 9.17) is 5.73 Å². The van der Waals surface area contributed by atoms with E-state index in [2.05, 4.69) is 41.2 Å². The Morgan fingerprint density at radius 2 is 1.48 bits per heavy atom. The summed E-state index contributed by atoms with van der Waals surface area (Å²) in [6.07, 6.45) is 2.05. The fraction of sp³-hybridized carbons (Fsp3) is 0.500. The van der Waals surface area contributed by atoms with Gasteiger partial charge < -0.3 is 31.9 Å². The smallest absolute Gasteiger partial charge is 0.326 e. The topological polar surface area (TPSA) is 171 Å². The lowest BCUT2D eigenvalue weighted by molar-refractivity contribution is -0.142. The molecule has 0 aromatic heterocycles. The molecular formula is C20H30N4O6S3. The number of nitrogens with one attached hydrogen (secondary N) is 3. The number of phenolic OH excluding ortho intramolecular Hbond substituents is 1. The Morgan fingerprint density at radius 1 is 0.939 bits per heavy atom. The van der Waals surface area contributed by atoms with Crippen molar-refractivity contribution in [2.45, 2.75) is 37.0 Å². The molecule has 3 amide bonds. The summed E-state index contributed by atoms with van der Waals surface area (Å²) in [4.78, 5) is 49.3. The van der Waals surface area contributed by atoms with Crippen LogP contribution in [-0.4, -0.2) is 81.6 Å². The Bertz CT molecular complexity index is 811. The van der Waals surface area contributed by atoms with Crippen molar-refractivity contribution in [3.63, 3.8) is 0 Å². The monoisotopic (exact) mass is 518 g/mol. The quantitative estimate of drug-likeness (QED) is 0.151. The van der Waals surface area contributed by atoms with Crippen LogP contribution in [0.1, 0.15) is 12.0 Å². The first-order chi connectivity index (χ1) is 15.6. The number of carboxylic acids is 1. The number of benzene rings is 1. The fourth-order valence-corrected chi connectivity index (χ4v) is 3.56. The molecule has 33 heavy (non-hydrogen) atoms. The van der Waals surface area contributed by atoms with Crippen LogP contribution >= 0.6 is 37.0 Å². The molecule has 0 saturated heterocycles. The first-order valence-corrected chi connectivity index (χ1v) is 12.7. The van der Waals surface area contributed by atoms with Crippen molar-refractivity contribution >= 4 is 60.7 Å². The van der Waals surface area contributed by atoms with Crippen LogP contribution in [0.4, 0.5) is 0 Å². The third kappa shape index (κ3) is 10.2. The lowest BCUT2D eigenvalue weighted by atomic mass is 10.0. The Hall–Kier alpha value is -2.09. The van der Waals surface area contributed by atoms with Crippen LogP contribution in [0.15, 0.2) is 24.3 Å². The van der Waals surface area contributed by atoms with Gasteiger partial charge in [0.1, 0.15) is 23.9 Å². The van der Waals surface area contributed by atoms with Crippen molar-refractivity contribution in [3.05, 3.63) is 29.8 Å². The van der Waals surface area contributed by atoms with Crippen LogP contribution < -0.4 is 21.7 Å². The van der Waals surface area contributed by atoms with Crippen LogP contribution in [0.5, 0.6) is 5.75 Å². The summed E-state index contributed by atoms with van der Waals surface area (Å²) in [6, 6.07) is 1.75. The Kier molecular flexibility index (Phi) is 13.1. The molecule has 0 fully saturated rings. The number of phenols is 1. The van der Waals surface area contributed by atoms with E-state index < -0.39 is 47.9 Å². The summed E-state index contributed by atoms with van der Waals surface area (Å²) in [5, 5.41) is 26.4. The summed E-state index contributed by atoms with van der Waals surface area (Å²) in [5.41, 5.74) is 6.24. The molecule has 0 bridgehead atoms. The predicted molar refractivity (Wildman–Crippen MR) is 134 cm³/mol. The van der Waals surface area contributed by atoms with Gasteiger partial charge in [0.2, 0.25) is 17.7 Å². The zero-order chi connectivity index (χ0) is 25.0. The van der Waals surface area contributed by atoms with Gasteiger partial charge in [-0.1, -0.05) is 12.1 Å². The molecule has 1 rings (SSSR count). The molecule has 0 aliphatic rings. The van der Waals surface area contributed by atoms with Gasteiger partial charge in [-0.3, -0.25) is 14.4 Å². The highest BCUT2D eigenvalue weighted by Crippen LogP contribution is 2.12. The van der Waals surface area contributed by atoms with Crippen LogP contribution in [0.3, 0.4) is 0 Å². The number of thioether (sulfide) groups is 1. The summed E-state index contributed by atoms with van der Waals surface area (Å²) in [6.45, 7) is 0. The number of hydrogen-bond acceptors (Lipinski definition) is 9. The molecule has 10 nitrogen and oxygen atoms in total.